The number of H-pyrrole nitrogens is 1. The predicted molar refractivity (Wildman–Crippen MR) is 111 cm³/mol. The van der Waals surface area contributed by atoms with E-state index in [1.807, 2.05) is 20.8 Å². The predicted octanol–water partition coefficient (Wildman–Crippen LogP) is 4.37. The number of nitrogens with zero attached hydrogens (tertiary/aromatic N) is 1. The second-order valence-corrected chi connectivity index (χ2v) is 15.0. The van der Waals surface area contributed by atoms with Gasteiger partial charge in [-0.3, -0.25) is 4.98 Å². The van der Waals surface area contributed by atoms with Crippen LogP contribution in [0.1, 0.15) is 53.5 Å². The highest BCUT2D eigenvalue weighted by Gasteiger charge is 2.44. The number of ether oxygens (including phenoxy) is 1. The first-order valence-electron chi connectivity index (χ1n) is 9.86. The van der Waals surface area contributed by atoms with Gasteiger partial charge in [-0.15, -0.1) is 0 Å². The van der Waals surface area contributed by atoms with Gasteiger partial charge in [0.1, 0.15) is 5.60 Å². The van der Waals surface area contributed by atoms with Gasteiger partial charge in [0.25, 0.3) is 0 Å². The van der Waals surface area contributed by atoms with Crippen molar-refractivity contribution in [2.45, 2.75) is 90.3 Å². The smallest absolute Gasteiger partial charge is 0.410 e. The van der Waals surface area contributed by atoms with Crippen LogP contribution in [0, 0.1) is 0 Å². The Balaban J connectivity index is 2.20. The van der Waals surface area contributed by atoms with E-state index in [-0.39, 0.29) is 35.0 Å². The molecule has 0 radical (unpaired) electrons. The van der Waals surface area contributed by atoms with E-state index in [0.717, 1.165) is 0 Å². The molecule has 2 atom stereocenters. The minimum Gasteiger partial charge on any atom is -0.495 e. The van der Waals surface area contributed by atoms with Gasteiger partial charge in [-0.1, -0.05) is 20.8 Å². The van der Waals surface area contributed by atoms with Gasteiger partial charge < -0.3 is 24.3 Å². The molecule has 1 aromatic heterocycles. The molecule has 160 valence electrons. The number of aromatic hydroxyl groups is 2. The third-order valence-electron chi connectivity index (χ3n) is 5.59. The van der Waals surface area contributed by atoms with Crippen LogP contribution in [0.5, 0.6) is 11.8 Å². The lowest BCUT2D eigenvalue weighted by molar-refractivity contribution is 0.0210. The second-order valence-electron chi connectivity index (χ2n) is 10.3. The summed E-state index contributed by atoms with van der Waals surface area (Å²) in [6, 6.07) is 1.32. The maximum atomic E-state index is 12.8. The molecule has 1 amide bonds. The molecule has 1 fully saturated rings. The highest BCUT2D eigenvalue weighted by Crippen LogP contribution is 2.39. The number of hydrogen-bond donors (Lipinski definition) is 3. The summed E-state index contributed by atoms with van der Waals surface area (Å²) in [4.78, 5) is 17.0. The monoisotopic (exact) mass is 412 g/mol. The molecular weight excluding hydrogens is 376 g/mol. The molecule has 1 saturated heterocycles. The van der Waals surface area contributed by atoms with Gasteiger partial charge in [0, 0.05) is 24.2 Å². The standard InChI is InChI=1S/C20H36N2O5Si/c1-19(2,3)26-18(25)22-12-15(27-28(7,8)20(4,5)6)11-14(22)9-13-10-16(23)21-17(13)24/h10,14-15,21,23-24H,9,11-12H2,1-8H3/t14-,15-/m1/s1. The molecule has 0 spiro atoms. The number of likely N-dealkylation sites (tertiary alicyclic amines) is 1. The van der Waals surface area contributed by atoms with Crippen LogP contribution in [-0.4, -0.2) is 58.8 Å². The molecule has 8 heteroatoms. The number of aromatic amines is 1. The van der Waals surface area contributed by atoms with E-state index < -0.39 is 13.9 Å². The molecule has 0 bridgehead atoms. The van der Waals surface area contributed by atoms with E-state index in [4.69, 9.17) is 9.16 Å². The molecule has 7 nitrogen and oxygen atoms in total. The van der Waals surface area contributed by atoms with Crippen molar-refractivity contribution in [3.05, 3.63) is 11.6 Å². The SMILES string of the molecule is CC(C)(C)OC(=O)N1C[C@H](O[Si](C)(C)C(C)(C)C)C[C@H]1Cc1cc(O)[nH]c1O. The Labute approximate surface area is 169 Å². The third kappa shape index (κ3) is 5.44. The molecule has 0 aliphatic carbocycles. The molecule has 28 heavy (non-hydrogen) atoms. The molecule has 1 aliphatic heterocycles. The normalized spacial score (nSPS) is 21.2. The fourth-order valence-electron chi connectivity index (χ4n) is 3.17. The molecule has 2 heterocycles. The lowest BCUT2D eigenvalue weighted by Gasteiger charge is -2.38. The Kier molecular flexibility index (Phi) is 6.16. The fraction of sp³-hybridized carbons (Fsp3) is 0.750. The maximum Gasteiger partial charge on any atom is 0.410 e. The van der Waals surface area contributed by atoms with E-state index in [0.29, 0.717) is 24.9 Å². The van der Waals surface area contributed by atoms with Gasteiger partial charge in [0.15, 0.2) is 20.1 Å². The van der Waals surface area contributed by atoms with E-state index in [9.17, 15) is 15.0 Å². The number of aromatic nitrogens is 1. The van der Waals surface area contributed by atoms with Crippen LogP contribution >= 0.6 is 0 Å². The molecule has 1 aromatic rings. The Hall–Kier alpha value is -1.67. The molecule has 2 rings (SSSR count). The summed E-state index contributed by atoms with van der Waals surface area (Å²) in [7, 11) is -1.98. The van der Waals surface area contributed by atoms with Crippen LogP contribution in [-0.2, 0) is 15.6 Å². The lowest BCUT2D eigenvalue weighted by atomic mass is 10.1. The number of hydrogen-bond acceptors (Lipinski definition) is 5. The van der Waals surface area contributed by atoms with Gasteiger partial charge in [-0.25, -0.2) is 4.79 Å². The van der Waals surface area contributed by atoms with E-state index in [1.165, 1.54) is 6.07 Å². The maximum absolute atomic E-state index is 12.8. The van der Waals surface area contributed by atoms with Crippen molar-refractivity contribution in [2.24, 2.45) is 0 Å². The average molecular weight is 413 g/mol. The Bertz CT molecular complexity index is 702. The third-order valence-corrected chi connectivity index (χ3v) is 10.1. The number of carbonyl (C=O) groups excluding carboxylic acids is 1. The first-order valence-corrected chi connectivity index (χ1v) is 12.8. The van der Waals surface area contributed by atoms with Gasteiger partial charge in [-0.05, 0) is 51.7 Å². The van der Waals surface area contributed by atoms with Crippen molar-refractivity contribution in [2.75, 3.05) is 6.54 Å². The van der Waals surface area contributed by atoms with Crippen LogP contribution in [0.2, 0.25) is 18.1 Å². The topological polar surface area (TPSA) is 95.0 Å². The van der Waals surface area contributed by atoms with Crippen LogP contribution < -0.4 is 0 Å². The highest BCUT2D eigenvalue weighted by atomic mass is 28.4. The second kappa shape index (κ2) is 7.63. The molecule has 0 aromatic carbocycles. The largest absolute Gasteiger partial charge is 0.495 e. The van der Waals surface area contributed by atoms with Gasteiger partial charge >= 0.3 is 6.09 Å². The zero-order chi connectivity index (χ0) is 21.5. The van der Waals surface area contributed by atoms with Gasteiger partial charge in [0.05, 0.1) is 6.10 Å². The van der Waals surface area contributed by atoms with Crippen LogP contribution in [0.25, 0.3) is 0 Å². The van der Waals surface area contributed by atoms with Crippen LogP contribution in [0.3, 0.4) is 0 Å². The number of nitrogens with one attached hydrogen (secondary N) is 1. The molecule has 0 unspecified atom stereocenters. The molecular formula is C20H36N2O5Si. The number of rotatable bonds is 4. The summed E-state index contributed by atoms with van der Waals surface area (Å²) in [5.74, 6) is -0.168. The molecule has 1 aliphatic rings. The average Bonchev–Trinajstić information content (AvgIpc) is 2.99. The van der Waals surface area contributed by atoms with Crippen LogP contribution in [0.4, 0.5) is 4.79 Å². The minimum absolute atomic E-state index is 0.0737. The summed E-state index contributed by atoms with van der Waals surface area (Å²) in [6.45, 7) is 17.0. The Morgan fingerprint density at radius 3 is 2.32 bits per heavy atom. The fourth-order valence-corrected chi connectivity index (χ4v) is 4.53. The quantitative estimate of drug-likeness (QED) is 0.638. The van der Waals surface area contributed by atoms with E-state index in [2.05, 4.69) is 38.8 Å². The summed E-state index contributed by atoms with van der Waals surface area (Å²) in [6.07, 6.45) is 0.627. The van der Waals surface area contributed by atoms with E-state index in [1.54, 1.807) is 4.90 Å². The summed E-state index contributed by atoms with van der Waals surface area (Å²) in [5.41, 5.74) is -0.0156. The van der Waals surface area contributed by atoms with Crippen molar-refractivity contribution in [1.29, 1.82) is 0 Å². The first-order chi connectivity index (χ1) is 12.6. The minimum atomic E-state index is -1.98. The van der Waals surface area contributed by atoms with Crippen LogP contribution in [0.15, 0.2) is 6.07 Å². The van der Waals surface area contributed by atoms with Gasteiger partial charge in [-0.2, -0.15) is 0 Å². The Morgan fingerprint density at radius 1 is 1.25 bits per heavy atom. The van der Waals surface area contributed by atoms with Crippen molar-refractivity contribution in [3.8, 4) is 11.8 Å². The van der Waals surface area contributed by atoms with Gasteiger partial charge in [0.2, 0.25) is 0 Å². The van der Waals surface area contributed by atoms with Crippen molar-refractivity contribution in [3.63, 3.8) is 0 Å². The zero-order valence-corrected chi connectivity index (χ0v) is 19.4. The van der Waals surface area contributed by atoms with Crippen molar-refractivity contribution >= 4 is 14.4 Å². The zero-order valence-electron chi connectivity index (χ0n) is 18.4. The summed E-state index contributed by atoms with van der Waals surface area (Å²) < 4.78 is 12.1. The van der Waals surface area contributed by atoms with Crippen molar-refractivity contribution < 1.29 is 24.2 Å². The van der Waals surface area contributed by atoms with E-state index >= 15 is 0 Å². The molecule has 0 saturated carbocycles. The Morgan fingerprint density at radius 2 is 1.86 bits per heavy atom. The summed E-state index contributed by atoms with van der Waals surface area (Å²) in [5, 5.41) is 19.7. The number of amides is 1. The molecule has 3 N–H and O–H groups in total. The summed E-state index contributed by atoms with van der Waals surface area (Å²) >= 11 is 0. The highest BCUT2D eigenvalue weighted by molar-refractivity contribution is 6.74. The van der Waals surface area contributed by atoms with Crippen molar-refractivity contribution in [1.82, 2.24) is 9.88 Å². The first kappa shape index (κ1) is 22.6. The lowest BCUT2D eigenvalue weighted by Crippen LogP contribution is -2.45. The number of carbonyl (C=O) groups is 1.